The zero-order valence-electron chi connectivity index (χ0n) is 13.1. The third kappa shape index (κ3) is 2.63. The number of hydrogen-bond acceptors (Lipinski definition) is 2. The third-order valence-corrected chi connectivity index (χ3v) is 3.62. The van der Waals surface area contributed by atoms with Crippen molar-refractivity contribution in [2.24, 2.45) is 0 Å². The van der Waals surface area contributed by atoms with Crippen molar-refractivity contribution in [3.63, 3.8) is 0 Å². The molecule has 0 radical (unpaired) electrons. The molecule has 0 amide bonds. The minimum atomic E-state index is 0.134. The van der Waals surface area contributed by atoms with Crippen LogP contribution in [0.5, 0.6) is 11.5 Å². The van der Waals surface area contributed by atoms with Gasteiger partial charge in [0, 0.05) is 12.0 Å². The van der Waals surface area contributed by atoms with Gasteiger partial charge in [-0.25, -0.2) is 0 Å². The molecule has 2 aromatic carbocycles. The summed E-state index contributed by atoms with van der Waals surface area (Å²) in [5.41, 5.74) is 5.21. The summed E-state index contributed by atoms with van der Waals surface area (Å²) < 4.78 is 12.0. The Morgan fingerprint density at radius 3 is 2.24 bits per heavy atom. The van der Waals surface area contributed by atoms with E-state index in [-0.39, 0.29) is 12.2 Å². The van der Waals surface area contributed by atoms with Crippen LogP contribution in [0.2, 0.25) is 0 Å². The van der Waals surface area contributed by atoms with Gasteiger partial charge in [-0.05, 0) is 50.5 Å². The molecule has 1 aliphatic rings. The summed E-state index contributed by atoms with van der Waals surface area (Å²) in [5.74, 6) is 1.76. The fraction of sp³-hybridized carbons (Fsp3) is 0.368. The van der Waals surface area contributed by atoms with Gasteiger partial charge in [0.05, 0.1) is 12.2 Å². The normalized spacial score (nSPS) is 12.5. The van der Waals surface area contributed by atoms with Crippen LogP contribution in [0, 0.1) is 0 Å². The predicted molar refractivity (Wildman–Crippen MR) is 86.2 cm³/mol. The maximum Gasteiger partial charge on any atom is 0.165 e. The maximum absolute atomic E-state index is 6.10. The molecule has 0 saturated heterocycles. The van der Waals surface area contributed by atoms with Crippen LogP contribution in [0.25, 0.3) is 11.1 Å². The van der Waals surface area contributed by atoms with Crippen LogP contribution >= 0.6 is 0 Å². The smallest absolute Gasteiger partial charge is 0.165 e. The van der Waals surface area contributed by atoms with Gasteiger partial charge in [-0.3, -0.25) is 0 Å². The van der Waals surface area contributed by atoms with Gasteiger partial charge in [0.25, 0.3) is 0 Å². The Labute approximate surface area is 126 Å². The van der Waals surface area contributed by atoms with Gasteiger partial charge in [0.2, 0.25) is 0 Å². The lowest BCUT2D eigenvalue weighted by Crippen LogP contribution is -2.12. The number of hydrogen-bond donors (Lipinski definition) is 0. The van der Waals surface area contributed by atoms with Crippen molar-refractivity contribution in [1.82, 2.24) is 0 Å². The van der Waals surface area contributed by atoms with Crippen molar-refractivity contribution in [3.05, 3.63) is 47.5 Å². The molecule has 0 aliphatic heterocycles. The van der Waals surface area contributed by atoms with Crippen LogP contribution in [-0.2, 0) is 6.42 Å². The van der Waals surface area contributed by atoms with Gasteiger partial charge in [0.15, 0.2) is 11.5 Å². The molecule has 0 spiro atoms. The number of fused-ring (bicyclic) bond motifs is 3. The summed E-state index contributed by atoms with van der Waals surface area (Å²) in [6, 6.07) is 12.8. The lowest BCUT2D eigenvalue weighted by molar-refractivity contribution is 0.197. The number of ether oxygens (including phenoxy) is 2. The summed E-state index contributed by atoms with van der Waals surface area (Å²) >= 11 is 0. The van der Waals surface area contributed by atoms with Gasteiger partial charge in [-0.15, -0.1) is 0 Å². The van der Waals surface area contributed by atoms with Gasteiger partial charge < -0.3 is 9.47 Å². The molecule has 110 valence electrons. The van der Waals surface area contributed by atoms with Crippen molar-refractivity contribution >= 4 is 0 Å². The maximum atomic E-state index is 6.10. The fourth-order valence-corrected chi connectivity index (χ4v) is 2.87. The van der Waals surface area contributed by atoms with Gasteiger partial charge >= 0.3 is 0 Å². The molecular weight excluding hydrogens is 260 g/mol. The van der Waals surface area contributed by atoms with E-state index in [1.807, 2.05) is 19.9 Å². The first-order chi connectivity index (χ1) is 10.1. The first-order valence-electron chi connectivity index (χ1n) is 7.63. The molecule has 0 bridgehead atoms. The van der Waals surface area contributed by atoms with Crippen molar-refractivity contribution in [1.29, 1.82) is 0 Å². The highest BCUT2D eigenvalue weighted by molar-refractivity contribution is 5.80. The second-order valence-corrected chi connectivity index (χ2v) is 6.09. The van der Waals surface area contributed by atoms with Crippen LogP contribution in [-0.4, -0.2) is 12.2 Å². The van der Waals surface area contributed by atoms with Crippen LogP contribution in [0.4, 0.5) is 0 Å². The van der Waals surface area contributed by atoms with Crippen molar-refractivity contribution in [3.8, 4) is 22.6 Å². The van der Waals surface area contributed by atoms with E-state index in [1.54, 1.807) is 0 Å². The quantitative estimate of drug-likeness (QED) is 0.682. The minimum absolute atomic E-state index is 0.134. The Kier molecular flexibility index (Phi) is 3.62. The minimum Gasteiger partial charge on any atom is -0.487 e. The SMILES string of the molecule is CC(C)Oc1ccc2c(c1OC(C)C)Cc1ccccc1-2. The summed E-state index contributed by atoms with van der Waals surface area (Å²) in [4.78, 5) is 0. The highest BCUT2D eigenvalue weighted by Gasteiger charge is 2.25. The Bertz CT molecular complexity index is 657. The Morgan fingerprint density at radius 2 is 1.52 bits per heavy atom. The van der Waals surface area contributed by atoms with Crippen LogP contribution in [0.3, 0.4) is 0 Å². The first kappa shape index (κ1) is 14.0. The highest BCUT2D eigenvalue weighted by Crippen LogP contribution is 2.46. The molecule has 3 rings (SSSR count). The summed E-state index contributed by atoms with van der Waals surface area (Å²) in [6.45, 7) is 8.20. The second kappa shape index (κ2) is 5.44. The van der Waals surface area contributed by atoms with E-state index >= 15 is 0 Å². The molecule has 1 aliphatic carbocycles. The molecule has 2 aromatic rings. The number of benzene rings is 2. The van der Waals surface area contributed by atoms with E-state index < -0.39 is 0 Å². The monoisotopic (exact) mass is 282 g/mol. The average molecular weight is 282 g/mol. The van der Waals surface area contributed by atoms with Crippen molar-refractivity contribution in [2.45, 2.75) is 46.3 Å². The summed E-state index contributed by atoms with van der Waals surface area (Å²) in [7, 11) is 0. The van der Waals surface area contributed by atoms with Gasteiger partial charge in [-0.1, -0.05) is 30.3 Å². The summed E-state index contributed by atoms with van der Waals surface area (Å²) in [5, 5.41) is 0. The Hall–Kier alpha value is -1.96. The molecule has 0 saturated carbocycles. The van der Waals surface area contributed by atoms with E-state index in [0.29, 0.717) is 0 Å². The fourth-order valence-electron chi connectivity index (χ4n) is 2.87. The zero-order chi connectivity index (χ0) is 15.0. The third-order valence-electron chi connectivity index (χ3n) is 3.62. The highest BCUT2D eigenvalue weighted by atomic mass is 16.5. The molecule has 0 atom stereocenters. The molecule has 2 nitrogen and oxygen atoms in total. The van der Waals surface area contributed by atoms with Crippen LogP contribution in [0.1, 0.15) is 38.8 Å². The molecule has 0 aromatic heterocycles. The van der Waals surface area contributed by atoms with Crippen LogP contribution < -0.4 is 9.47 Å². The lowest BCUT2D eigenvalue weighted by Gasteiger charge is -2.20. The molecule has 2 heteroatoms. The van der Waals surface area contributed by atoms with E-state index in [1.165, 1.54) is 22.3 Å². The first-order valence-corrected chi connectivity index (χ1v) is 7.63. The molecule has 0 N–H and O–H groups in total. The topological polar surface area (TPSA) is 18.5 Å². The van der Waals surface area contributed by atoms with E-state index in [9.17, 15) is 0 Å². The Morgan fingerprint density at radius 1 is 0.810 bits per heavy atom. The van der Waals surface area contributed by atoms with E-state index in [0.717, 1.165) is 17.9 Å². The van der Waals surface area contributed by atoms with Gasteiger partial charge in [-0.2, -0.15) is 0 Å². The van der Waals surface area contributed by atoms with Crippen molar-refractivity contribution < 1.29 is 9.47 Å². The molecular formula is C19H22O2. The largest absolute Gasteiger partial charge is 0.487 e. The zero-order valence-corrected chi connectivity index (χ0v) is 13.1. The summed E-state index contributed by atoms with van der Waals surface area (Å²) in [6.07, 6.45) is 1.19. The van der Waals surface area contributed by atoms with E-state index in [2.05, 4.69) is 44.2 Å². The number of rotatable bonds is 4. The van der Waals surface area contributed by atoms with Crippen molar-refractivity contribution in [2.75, 3.05) is 0 Å². The molecule has 0 unspecified atom stereocenters. The second-order valence-electron chi connectivity index (χ2n) is 6.09. The Balaban J connectivity index is 2.11. The van der Waals surface area contributed by atoms with Gasteiger partial charge in [0.1, 0.15) is 0 Å². The standard InChI is InChI=1S/C19H22O2/c1-12(2)20-18-10-9-16-15-8-6-5-7-14(15)11-17(16)19(18)21-13(3)4/h5-10,12-13H,11H2,1-4H3. The predicted octanol–water partition coefficient (Wildman–Crippen LogP) is 4.83. The van der Waals surface area contributed by atoms with E-state index in [4.69, 9.17) is 9.47 Å². The lowest BCUT2D eigenvalue weighted by atomic mass is 10.0. The molecule has 0 fully saturated rings. The molecule has 21 heavy (non-hydrogen) atoms. The molecule has 0 heterocycles. The van der Waals surface area contributed by atoms with Crippen LogP contribution in [0.15, 0.2) is 36.4 Å². The average Bonchev–Trinajstić information content (AvgIpc) is 2.79.